The van der Waals surface area contributed by atoms with Crippen molar-refractivity contribution in [2.75, 3.05) is 19.1 Å². The number of anilines is 1. The van der Waals surface area contributed by atoms with Gasteiger partial charge in [0.15, 0.2) is 0 Å². The first kappa shape index (κ1) is 23.4. The molecule has 0 spiro atoms. The van der Waals surface area contributed by atoms with Crippen LogP contribution in [0.25, 0.3) is 5.76 Å². The Bertz CT molecular complexity index is 1280. The number of ether oxygens (including phenoxy) is 2. The van der Waals surface area contributed by atoms with E-state index in [4.69, 9.17) is 21.1 Å². The van der Waals surface area contributed by atoms with Crippen LogP contribution < -0.4 is 14.4 Å². The van der Waals surface area contributed by atoms with Gasteiger partial charge in [0.1, 0.15) is 17.3 Å². The van der Waals surface area contributed by atoms with Crippen molar-refractivity contribution in [1.29, 1.82) is 0 Å². The Morgan fingerprint density at radius 3 is 2.26 bits per heavy atom. The molecule has 3 aromatic rings. The monoisotopic (exact) mass is 477 g/mol. The molecule has 0 saturated carbocycles. The summed E-state index contributed by atoms with van der Waals surface area (Å²) in [5.74, 6) is -0.938. The predicted molar refractivity (Wildman–Crippen MR) is 132 cm³/mol. The number of benzene rings is 3. The van der Waals surface area contributed by atoms with Crippen molar-refractivity contribution in [3.63, 3.8) is 0 Å². The first-order valence-electron chi connectivity index (χ1n) is 10.8. The second-order valence-electron chi connectivity index (χ2n) is 7.78. The summed E-state index contributed by atoms with van der Waals surface area (Å²) < 4.78 is 10.7. The van der Waals surface area contributed by atoms with Crippen molar-refractivity contribution < 1.29 is 24.2 Å². The van der Waals surface area contributed by atoms with E-state index in [9.17, 15) is 14.7 Å². The topological polar surface area (TPSA) is 76.1 Å². The predicted octanol–water partition coefficient (Wildman–Crippen LogP) is 5.55. The number of ketones is 1. The van der Waals surface area contributed by atoms with E-state index in [0.29, 0.717) is 28.3 Å². The van der Waals surface area contributed by atoms with Gasteiger partial charge in [-0.1, -0.05) is 48.9 Å². The number of hydrogen-bond acceptors (Lipinski definition) is 5. The van der Waals surface area contributed by atoms with E-state index < -0.39 is 17.7 Å². The molecule has 34 heavy (non-hydrogen) atoms. The number of carbonyl (C=O) groups is 2. The third-order valence-corrected chi connectivity index (χ3v) is 6.22. The summed E-state index contributed by atoms with van der Waals surface area (Å²) >= 11 is 6.26. The van der Waals surface area contributed by atoms with E-state index >= 15 is 0 Å². The molecule has 174 valence electrons. The molecule has 1 heterocycles. The normalized spacial score (nSPS) is 17.2. The summed E-state index contributed by atoms with van der Waals surface area (Å²) in [5, 5.41) is 11.5. The van der Waals surface area contributed by atoms with Crippen molar-refractivity contribution >= 4 is 34.7 Å². The number of nitrogens with zero attached hydrogens (tertiary/aromatic N) is 1. The van der Waals surface area contributed by atoms with Gasteiger partial charge in [0.2, 0.25) is 0 Å². The Morgan fingerprint density at radius 2 is 1.65 bits per heavy atom. The molecule has 6 nitrogen and oxygen atoms in total. The first-order valence-corrected chi connectivity index (χ1v) is 11.2. The molecule has 4 rings (SSSR count). The first-order chi connectivity index (χ1) is 16.4. The van der Waals surface area contributed by atoms with E-state index in [-0.39, 0.29) is 16.4 Å². The van der Waals surface area contributed by atoms with Crippen LogP contribution in [0.3, 0.4) is 0 Å². The average Bonchev–Trinajstić information content (AvgIpc) is 3.13. The second-order valence-corrected chi connectivity index (χ2v) is 8.19. The Hall–Kier alpha value is -3.77. The molecule has 0 bridgehead atoms. The summed E-state index contributed by atoms with van der Waals surface area (Å²) in [6.07, 6.45) is 0.841. The van der Waals surface area contributed by atoms with E-state index in [2.05, 4.69) is 0 Å². The SMILES string of the molecule is CCc1ccc(N2C(=O)C(=O)/C(=C(/O)c3ccc(OC)c(Cl)c3)C2c2ccccc2OC)cc1. The van der Waals surface area contributed by atoms with Gasteiger partial charge in [0.05, 0.1) is 30.9 Å². The number of rotatable bonds is 6. The molecule has 1 N–H and O–H groups in total. The lowest BCUT2D eigenvalue weighted by Crippen LogP contribution is -2.29. The highest BCUT2D eigenvalue weighted by molar-refractivity contribution is 6.51. The molecule has 0 aromatic heterocycles. The maximum Gasteiger partial charge on any atom is 0.300 e. The van der Waals surface area contributed by atoms with Gasteiger partial charge in [-0.15, -0.1) is 0 Å². The summed E-state index contributed by atoms with van der Waals surface area (Å²) in [4.78, 5) is 28.0. The number of hydrogen-bond donors (Lipinski definition) is 1. The molecule has 1 fully saturated rings. The zero-order valence-electron chi connectivity index (χ0n) is 19.0. The fourth-order valence-electron chi connectivity index (χ4n) is 4.15. The molecule has 0 radical (unpaired) electrons. The van der Waals surface area contributed by atoms with E-state index in [1.807, 2.05) is 19.1 Å². The summed E-state index contributed by atoms with van der Waals surface area (Å²) in [6, 6.07) is 18.3. The average molecular weight is 478 g/mol. The Morgan fingerprint density at radius 1 is 0.971 bits per heavy atom. The minimum Gasteiger partial charge on any atom is -0.507 e. The molecule has 1 saturated heterocycles. The number of carbonyl (C=O) groups excluding carboxylic acids is 2. The van der Waals surface area contributed by atoms with Gasteiger partial charge in [-0.2, -0.15) is 0 Å². The maximum absolute atomic E-state index is 13.3. The van der Waals surface area contributed by atoms with Crippen LogP contribution in [0.1, 0.15) is 29.7 Å². The van der Waals surface area contributed by atoms with E-state index in [0.717, 1.165) is 12.0 Å². The summed E-state index contributed by atoms with van der Waals surface area (Å²) in [7, 11) is 3.00. The van der Waals surface area contributed by atoms with Crippen molar-refractivity contribution in [3.8, 4) is 11.5 Å². The van der Waals surface area contributed by atoms with Gasteiger partial charge in [-0.05, 0) is 48.4 Å². The minimum absolute atomic E-state index is 0.0460. The molecular weight excluding hydrogens is 454 g/mol. The van der Waals surface area contributed by atoms with Crippen molar-refractivity contribution in [2.24, 2.45) is 0 Å². The van der Waals surface area contributed by atoms with Crippen molar-refractivity contribution in [2.45, 2.75) is 19.4 Å². The maximum atomic E-state index is 13.3. The van der Waals surface area contributed by atoms with Crippen LogP contribution in [0.4, 0.5) is 5.69 Å². The fraction of sp³-hybridized carbons (Fsp3) is 0.185. The quantitative estimate of drug-likeness (QED) is 0.286. The van der Waals surface area contributed by atoms with E-state index in [1.54, 1.807) is 48.5 Å². The molecule has 7 heteroatoms. The van der Waals surface area contributed by atoms with Gasteiger partial charge < -0.3 is 14.6 Å². The summed E-state index contributed by atoms with van der Waals surface area (Å²) in [5.41, 5.74) is 2.47. The summed E-state index contributed by atoms with van der Waals surface area (Å²) in [6.45, 7) is 2.04. The van der Waals surface area contributed by atoms with Gasteiger partial charge >= 0.3 is 0 Å². The highest BCUT2D eigenvalue weighted by Gasteiger charge is 2.47. The van der Waals surface area contributed by atoms with Gasteiger partial charge in [0.25, 0.3) is 11.7 Å². The molecule has 1 aliphatic heterocycles. The van der Waals surface area contributed by atoms with Crippen molar-refractivity contribution in [1.82, 2.24) is 0 Å². The number of methoxy groups -OCH3 is 2. The number of aliphatic hydroxyl groups excluding tert-OH is 1. The molecule has 1 atom stereocenters. The van der Waals surface area contributed by atoms with E-state index in [1.165, 1.54) is 25.2 Å². The number of aliphatic hydroxyl groups is 1. The molecule has 1 unspecified atom stereocenters. The lowest BCUT2D eigenvalue weighted by atomic mass is 9.94. The number of para-hydroxylation sites is 1. The molecule has 1 amide bonds. The largest absolute Gasteiger partial charge is 0.507 e. The number of aryl methyl sites for hydroxylation is 1. The Balaban J connectivity index is 1.95. The zero-order valence-corrected chi connectivity index (χ0v) is 19.8. The highest BCUT2D eigenvalue weighted by atomic mass is 35.5. The highest BCUT2D eigenvalue weighted by Crippen LogP contribution is 2.45. The minimum atomic E-state index is -0.899. The molecule has 0 aliphatic carbocycles. The number of amides is 1. The van der Waals surface area contributed by atoms with Crippen LogP contribution in [0.2, 0.25) is 5.02 Å². The van der Waals surface area contributed by atoms with Gasteiger partial charge in [-0.3, -0.25) is 14.5 Å². The van der Waals surface area contributed by atoms with Crippen LogP contribution in [0.15, 0.2) is 72.3 Å². The number of halogens is 1. The zero-order chi connectivity index (χ0) is 24.4. The van der Waals surface area contributed by atoms with Crippen LogP contribution in [0, 0.1) is 0 Å². The lowest BCUT2D eigenvalue weighted by Gasteiger charge is -2.26. The third kappa shape index (κ3) is 4.01. The standard InChI is InChI=1S/C27H24ClNO5/c1-4-16-9-12-18(13-10-16)29-24(19-7-5-6-8-21(19)33-2)23(26(31)27(29)32)25(30)17-11-14-22(34-3)20(28)15-17/h5-15,24,30H,4H2,1-3H3/b25-23+. The van der Waals surface area contributed by atoms with Crippen LogP contribution >= 0.6 is 11.6 Å². The molecule has 3 aromatic carbocycles. The lowest BCUT2D eigenvalue weighted by molar-refractivity contribution is -0.132. The van der Waals surface area contributed by atoms with Crippen LogP contribution in [-0.2, 0) is 16.0 Å². The van der Waals surface area contributed by atoms with Crippen molar-refractivity contribution in [3.05, 3.63) is 94.0 Å². The Kier molecular flexibility index (Phi) is 6.61. The molecule has 1 aliphatic rings. The molecular formula is C27H24ClNO5. The fourth-order valence-corrected chi connectivity index (χ4v) is 4.40. The van der Waals surface area contributed by atoms with Gasteiger partial charge in [-0.25, -0.2) is 0 Å². The third-order valence-electron chi connectivity index (χ3n) is 5.93. The van der Waals surface area contributed by atoms with Crippen LogP contribution in [-0.4, -0.2) is 31.0 Å². The second kappa shape index (κ2) is 9.61. The smallest absolute Gasteiger partial charge is 0.300 e. The number of Topliss-reactive ketones (excluding diaryl/α,β-unsaturated/α-hetero) is 1. The Labute approximate surface area is 203 Å². The van der Waals surface area contributed by atoms with Gasteiger partial charge in [0, 0.05) is 16.8 Å². The van der Waals surface area contributed by atoms with Crippen LogP contribution in [0.5, 0.6) is 11.5 Å².